The normalized spacial score (nSPS) is 10.7. The molecule has 2 aromatic carbocycles. The van der Waals surface area contributed by atoms with Gasteiger partial charge in [-0.2, -0.15) is 0 Å². The van der Waals surface area contributed by atoms with Crippen LogP contribution in [-0.2, 0) is 6.42 Å². The minimum absolute atomic E-state index is 0.208. The third-order valence-electron chi connectivity index (χ3n) is 3.54. The van der Waals surface area contributed by atoms with E-state index in [4.69, 9.17) is 9.15 Å². The Hall–Kier alpha value is -2.27. The van der Waals surface area contributed by atoms with Gasteiger partial charge in [-0.3, -0.25) is 4.79 Å². The number of carbonyl (C=O) groups excluding carboxylic acids is 1. The number of fused-ring (bicyclic) bond motifs is 1. The summed E-state index contributed by atoms with van der Waals surface area (Å²) in [6, 6.07) is 15.2. The highest BCUT2D eigenvalue weighted by Crippen LogP contribution is 2.23. The summed E-state index contributed by atoms with van der Waals surface area (Å²) in [5.41, 5.74) is 1.80. The van der Waals surface area contributed by atoms with Gasteiger partial charge in [0, 0.05) is 16.4 Å². The van der Waals surface area contributed by atoms with E-state index in [1.54, 1.807) is 13.2 Å². The summed E-state index contributed by atoms with van der Waals surface area (Å²) >= 11 is 3.39. The Morgan fingerprint density at radius 3 is 2.91 bits per heavy atom. The molecule has 4 nitrogen and oxygen atoms in total. The van der Waals surface area contributed by atoms with Crippen LogP contribution in [0.3, 0.4) is 0 Å². The van der Waals surface area contributed by atoms with Crippen LogP contribution in [0.2, 0.25) is 0 Å². The number of furan rings is 1. The van der Waals surface area contributed by atoms with Crippen LogP contribution in [0, 0.1) is 0 Å². The second kappa shape index (κ2) is 6.87. The van der Waals surface area contributed by atoms with Gasteiger partial charge in [0.2, 0.25) is 0 Å². The van der Waals surface area contributed by atoms with Gasteiger partial charge in [-0.15, -0.1) is 0 Å². The second-order valence-corrected chi connectivity index (χ2v) is 6.07. The number of rotatable bonds is 5. The monoisotopic (exact) mass is 373 g/mol. The first-order valence-corrected chi connectivity index (χ1v) is 8.05. The standard InChI is InChI=1S/C18H16BrNO3/c1-22-15-4-2-3-12(9-15)7-8-20-18(21)17-10-13-5-6-14(19)11-16(13)23-17/h2-6,9-11H,7-8H2,1H3,(H,20,21). The molecular formula is C18H16BrNO3. The number of ether oxygens (including phenoxy) is 1. The molecule has 0 saturated carbocycles. The Kier molecular flexibility index (Phi) is 4.67. The van der Waals surface area contributed by atoms with Crippen LogP contribution >= 0.6 is 15.9 Å². The number of hydrogen-bond donors (Lipinski definition) is 1. The van der Waals surface area contributed by atoms with Crippen LogP contribution < -0.4 is 10.1 Å². The molecule has 0 fully saturated rings. The van der Waals surface area contributed by atoms with Crippen LogP contribution in [0.5, 0.6) is 5.75 Å². The maximum Gasteiger partial charge on any atom is 0.287 e. The maximum atomic E-state index is 12.2. The molecule has 1 amide bonds. The van der Waals surface area contributed by atoms with Crippen LogP contribution in [0.25, 0.3) is 11.0 Å². The number of nitrogens with one attached hydrogen (secondary N) is 1. The van der Waals surface area contributed by atoms with Crippen LogP contribution in [0.15, 0.2) is 57.4 Å². The molecule has 1 aromatic heterocycles. The van der Waals surface area contributed by atoms with Gasteiger partial charge in [0.25, 0.3) is 5.91 Å². The number of amides is 1. The van der Waals surface area contributed by atoms with E-state index in [-0.39, 0.29) is 5.91 Å². The highest BCUT2D eigenvalue weighted by molar-refractivity contribution is 9.10. The maximum absolute atomic E-state index is 12.2. The Morgan fingerprint density at radius 1 is 1.22 bits per heavy atom. The summed E-state index contributed by atoms with van der Waals surface area (Å²) in [4.78, 5) is 12.2. The molecule has 0 aliphatic rings. The van der Waals surface area contributed by atoms with Crippen molar-refractivity contribution < 1.29 is 13.9 Å². The molecule has 0 aliphatic heterocycles. The summed E-state index contributed by atoms with van der Waals surface area (Å²) in [6.07, 6.45) is 0.731. The lowest BCUT2D eigenvalue weighted by Gasteiger charge is -2.05. The molecule has 23 heavy (non-hydrogen) atoms. The Morgan fingerprint density at radius 2 is 2.09 bits per heavy atom. The van der Waals surface area contributed by atoms with Gasteiger partial charge in [-0.25, -0.2) is 0 Å². The van der Waals surface area contributed by atoms with E-state index in [1.165, 1.54) is 0 Å². The fourth-order valence-electron chi connectivity index (χ4n) is 2.35. The molecule has 0 spiro atoms. The molecule has 1 N–H and O–H groups in total. The lowest BCUT2D eigenvalue weighted by atomic mass is 10.1. The minimum atomic E-state index is -0.208. The quantitative estimate of drug-likeness (QED) is 0.729. The van der Waals surface area contributed by atoms with Gasteiger partial charge < -0.3 is 14.5 Å². The van der Waals surface area contributed by atoms with Gasteiger partial charge in [-0.1, -0.05) is 28.1 Å². The first-order chi connectivity index (χ1) is 11.2. The molecule has 1 heterocycles. The molecule has 3 aromatic rings. The Balaban J connectivity index is 1.61. The SMILES string of the molecule is COc1cccc(CCNC(=O)c2cc3ccc(Br)cc3o2)c1. The molecule has 0 saturated heterocycles. The van der Waals surface area contributed by atoms with Crippen molar-refractivity contribution in [2.24, 2.45) is 0 Å². The zero-order valence-electron chi connectivity index (χ0n) is 12.6. The predicted molar refractivity (Wildman–Crippen MR) is 92.9 cm³/mol. The van der Waals surface area contributed by atoms with Crippen molar-refractivity contribution in [3.8, 4) is 5.75 Å². The van der Waals surface area contributed by atoms with E-state index < -0.39 is 0 Å². The topological polar surface area (TPSA) is 51.5 Å². The van der Waals surface area contributed by atoms with E-state index >= 15 is 0 Å². The highest BCUT2D eigenvalue weighted by atomic mass is 79.9. The van der Waals surface area contributed by atoms with Crippen molar-refractivity contribution in [2.45, 2.75) is 6.42 Å². The number of hydrogen-bond acceptors (Lipinski definition) is 3. The fourth-order valence-corrected chi connectivity index (χ4v) is 2.69. The summed E-state index contributed by atoms with van der Waals surface area (Å²) in [7, 11) is 1.64. The van der Waals surface area contributed by atoms with Crippen LogP contribution in [0.1, 0.15) is 16.1 Å². The summed E-state index contributed by atoms with van der Waals surface area (Å²) < 4.78 is 11.7. The van der Waals surface area contributed by atoms with Crippen LogP contribution in [0.4, 0.5) is 0 Å². The number of halogens is 1. The van der Waals surface area contributed by atoms with Crippen molar-refractivity contribution in [1.29, 1.82) is 0 Å². The molecule has 0 radical (unpaired) electrons. The van der Waals surface area contributed by atoms with Crippen molar-refractivity contribution in [3.05, 3.63) is 64.3 Å². The average molecular weight is 374 g/mol. The van der Waals surface area contributed by atoms with Gasteiger partial charge in [0.15, 0.2) is 5.76 Å². The first-order valence-electron chi connectivity index (χ1n) is 7.26. The largest absolute Gasteiger partial charge is 0.497 e. The first kappa shape index (κ1) is 15.6. The molecular weight excluding hydrogens is 358 g/mol. The number of carbonyl (C=O) groups is 1. The zero-order chi connectivity index (χ0) is 16.2. The van der Waals surface area contributed by atoms with E-state index in [2.05, 4.69) is 21.2 Å². The van der Waals surface area contributed by atoms with Crippen molar-refractivity contribution in [1.82, 2.24) is 5.32 Å². The molecule has 3 rings (SSSR count). The van der Waals surface area contributed by atoms with E-state index in [0.717, 1.165) is 27.6 Å². The lowest BCUT2D eigenvalue weighted by molar-refractivity contribution is 0.0928. The van der Waals surface area contributed by atoms with Crippen molar-refractivity contribution >= 4 is 32.8 Å². The van der Waals surface area contributed by atoms with Crippen molar-refractivity contribution in [3.63, 3.8) is 0 Å². The minimum Gasteiger partial charge on any atom is -0.497 e. The molecule has 0 unspecified atom stereocenters. The van der Waals surface area contributed by atoms with Crippen LogP contribution in [-0.4, -0.2) is 19.6 Å². The zero-order valence-corrected chi connectivity index (χ0v) is 14.2. The smallest absolute Gasteiger partial charge is 0.287 e. The third-order valence-corrected chi connectivity index (χ3v) is 4.03. The van der Waals surface area contributed by atoms with Gasteiger partial charge in [0.1, 0.15) is 11.3 Å². The predicted octanol–water partition coefficient (Wildman–Crippen LogP) is 4.18. The summed E-state index contributed by atoms with van der Waals surface area (Å²) in [5, 5.41) is 3.78. The van der Waals surface area contributed by atoms with E-state index in [9.17, 15) is 4.79 Å². The second-order valence-electron chi connectivity index (χ2n) is 5.15. The Bertz CT molecular complexity index is 841. The third kappa shape index (κ3) is 3.74. The Labute approximate surface area is 142 Å². The van der Waals surface area contributed by atoms with E-state index in [1.807, 2.05) is 42.5 Å². The molecule has 0 atom stereocenters. The summed E-state index contributed by atoms with van der Waals surface area (Å²) in [5.74, 6) is 0.931. The highest BCUT2D eigenvalue weighted by Gasteiger charge is 2.12. The molecule has 118 valence electrons. The lowest BCUT2D eigenvalue weighted by Crippen LogP contribution is -2.25. The fraction of sp³-hybridized carbons (Fsp3) is 0.167. The number of benzene rings is 2. The molecule has 5 heteroatoms. The average Bonchev–Trinajstić information content (AvgIpc) is 2.98. The van der Waals surface area contributed by atoms with Crippen molar-refractivity contribution in [2.75, 3.05) is 13.7 Å². The van der Waals surface area contributed by atoms with Gasteiger partial charge in [0.05, 0.1) is 7.11 Å². The van der Waals surface area contributed by atoms with Gasteiger partial charge in [-0.05, 0) is 48.4 Å². The molecule has 0 bridgehead atoms. The summed E-state index contributed by atoms with van der Waals surface area (Å²) in [6.45, 7) is 0.534. The van der Waals surface area contributed by atoms with E-state index in [0.29, 0.717) is 17.9 Å². The molecule has 0 aliphatic carbocycles. The number of methoxy groups -OCH3 is 1. The van der Waals surface area contributed by atoms with Gasteiger partial charge >= 0.3 is 0 Å².